The number of hydrogen-bond acceptors (Lipinski definition) is 3. The maximum absolute atomic E-state index is 11.8. The Kier molecular flexibility index (Phi) is 3.71. The molecular weight excluding hydrogens is 250 g/mol. The van der Waals surface area contributed by atoms with Gasteiger partial charge < -0.3 is 10.4 Å². The first-order valence-electron chi connectivity index (χ1n) is 6.08. The molecule has 1 fully saturated rings. The Morgan fingerprint density at radius 3 is 2.78 bits per heavy atom. The van der Waals surface area contributed by atoms with Gasteiger partial charge in [0.1, 0.15) is 5.54 Å². The van der Waals surface area contributed by atoms with Crippen LogP contribution in [-0.4, -0.2) is 22.5 Å². The monoisotopic (exact) mass is 267 g/mol. The predicted molar refractivity (Wildman–Crippen MR) is 69.5 cm³/mol. The third-order valence-electron chi connectivity index (χ3n) is 3.46. The highest BCUT2D eigenvalue weighted by atomic mass is 32.1. The van der Waals surface area contributed by atoms with Crippen molar-refractivity contribution >= 4 is 23.2 Å². The molecule has 0 saturated heterocycles. The Balaban J connectivity index is 1.87. The summed E-state index contributed by atoms with van der Waals surface area (Å²) in [5.74, 6) is -1.04. The molecule has 2 rings (SSSR count). The fraction of sp³-hybridized carbons (Fsp3) is 0.538. The average molecular weight is 267 g/mol. The average Bonchev–Trinajstić information content (AvgIpc) is 3.04. The lowest BCUT2D eigenvalue weighted by molar-refractivity contribution is -0.147. The summed E-state index contributed by atoms with van der Waals surface area (Å²) in [6.07, 6.45) is 2.77. The zero-order valence-electron chi connectivity index (χ0n) is 10.3. The van der Waals surface area contributed by atoms with Gasteiger partial charge in [0.2, 0.25) is 5.91 Å². The van der Waals surface area contributed by atoms with Crippen molar-refractivity contribution in [3.63, 3.8) is 0 Å². The van der Waals surface area contributed by atoms with Gasteiger partial charge in [-0.2, -0.15) is 11.3 Å². The molecule has 0 spiro atoms. The van der Waals surface area contributed by atoms with Gasteiger partial charge in [-0.25, -0.2) is 4.79 Å². The molecular formula is C13H17NO3S. The van der Waals surface area contributed by atoms with Crippen LogP contribution in [-0.2, 0) is 16.0 Å². The summed E-state index contributed by atoms with van der Waals surface area (Å²) in [7, 11) is 0. The molecule has 1 amide bonds. The van der Waals surface area contributed by atoms with Gasteiger partial charge in [0.05, 0.1) is 0 Å². The first-order valence-corrected chi connectivity index (χ1v) is 7.02. The lowest BCUT2D eigenvalue weighted by atomic mass is 9.95. The molecule has 1 aliphatic carbocycles. The van der Waals surface area contributed by atoms with E-state index in [0.29, 0.717) is 12.8 Å². The molecule has 1 heterocycles. The second-order valence-electron chi connectivity index (χ2n) is 4.96. The zero-order valence-corrected chi connectivity index (χ0v) is 11.1. The molecule has 18 heavy (non-hydrogen) atoms. The number of amides is 1. The largest absolute Gasteiger partial charge is 0.480 e. The number of hydrogen-bond donors (Lipinski definition) is 2. The molecule has 1 saturated carbocycles. The normalized spacial score (nSPS) is 18.1. The quantitative estimate of drug-likeness (QED) is 0.829. The van der Waals surface area contributed by atoms with Crippen molar-refractivity contribution in [2.75, 3.05) is 0 Å². The minimum Gasteiger partial charge on any atom is -0.480 e. The van der Waals surface area contributed by atoms with E-state index in [1.165, 1.54) is 0 Å². The second-order valence-corrected chi connectivity index (χ2v) is 5.74. The lowest BCUT2D eigenvalue weighted by Gasteiger charge is -2.26. The van der Waals surface area contributed by atoms with E-state index in [4.69, 9.17) is 0 Å². The number of rotatable bonds is 6. The lowest BCUT2D eigenvalue weighted by Crippen LogP contribution is -2.54. The van der Waals surface area contributed by atoms with Gasteiger partial charge in [-0.3, -0.25) is 4.79 Å². The number of carbonyl (C=O) groups is 2. The van der Waals surface area contributed by atoms with Crippen molar-refractivity contribution in [3.8, 4) is 0 Å². The Morgan fingerprint density at radius 1 is 1.56 bits per heavy atom. The van der Waals surface area contributed by atoms with Crippen molar-refractivity contribution in [2.45, 2.75) is 38.1 Å². The summed E-state index contributed by atoms with van der Waals surface area (Å²) in [4.78, 5) is 23.1. The highest BCUT2D eigenvalue weighted by molar-refractivity contribution is 7.07. The molecule has 98 valence electrons. The Labute approximate surface area is 110 Å². The van der Waals surface area contributed by atoms with E-state index in [0.717, 1.165) is 18.4 Å². The fourth-order valence-electron chi connectivity index (χ4n) is 2.04. The van der Waals surface area contributed by atoms with E-state index in [-0.39, 0.29) is 11.8 Å². The van der Waals surface area contributed by atoms with Crippen LogP contribution >= 0.6 is 11.3 Å². The number of carboxylic acid groups (broad SMARTS) is 1. The van der Waals surface area contributed by atoms with Gasteiger partial charge in [0, 0.05) is 6.42 Å². The van der Waals surface area contributed by atoms with Gasteiger partial charge in [0.15, 0.2) is 0 Å². The van der Waals surface area contributed by atoms with Crippen LogP contribution in [0.25, 0.3) is 0 Å². The van der Waals surface area contributed by atoms with Crippen molar-refractivity contribution in [1.82, 2.24) is 5.32 Å². The number of aliphatic carboxylic acids is 1. The molecule has 1 atom stereocenters. The zero-order chi connectivity index (χ0) is 13.2. The van der Waals surface area contributed by atoms with Crippen LogP contribution in [0.5, 0.6) is 0 Å². The molecule has 0 aliphatic heterocycles. The number of carboxylic acids is 1. The first kappa shape index (κ1) is 13.1. The minimum atomic E-state index is -1.09. The van der Waals surface area contributed by atoms with Crippen molar-refractivity contribution in [3.05, 3.63) is 22.4 Å². The molecule has 4 nitrogen and oxygen atoms in total. The molecule has 0 bridgehead atoms. The Morgan fingerprint density at radius 2 is 2.28 bits per heavy atom. The van der Waals surface area contributed by atoms with Gasteiger partial charge in [-0.15, -0.1) is 0 Å². The number of thiophene rings is 1. The fourth-order valence-corrected chi connectivity index (χ4v) is 2.74. The van der Waals surface area contributed by atoms with E-state index in [2.05, 4.69) is 5.32 Å². The summed E-state index contributed by atoms with van der Waals surface area (Å²) in [5.41, 5.74) is 0.0322. The molecule has 2 N–H and O–H groups in total. The van der Waals surface area contributed by atoms with Crippen molar-refractivity contribution in [1.29, 1.82) is 0 Å². The van der Waals surface area contributed by atoms with Crippen molar-refractivity contribution < 1.29 is 14.7 Å². The molecule has 0 unspecified atom stereocenters. The van der Waals surface area contributed by atoms with Gasteiger partial charge in [0.25, 0.3) is 0 Å². The van der Waals surface area contributed by atoms with Crippen LogP contribution in [0.4, 0.5) is 0 Å². The minimum absolute atomic E-state index is 0.0834. The van der Waals surface area contributed by atoms with Crippen LogP contribution in [0.15, 0.2) is 16.8 Å². The molecule has 0 aromatic carbocycles. The summed E-state index contributed by atoms with van der Waals surface area (Å²) in [6.45, 7) is 1.61. The van der Waals surface area contributed by atoms with Crippen LogP contribution in [0, 0.1) is 5.92 Å². The van der Waals surface area contributed by atoms with Crippen LogP contribution in [0.3, 0.4) is 0 Å². The number of carbonyl (C=O) groups excluding carboxylic acids is 1. The standard InChI is InChI=1S/C13H17NO3S/c1-13(12(16)17,10-3-4-10)14-11(15)5-2-9-6-7-18-8-9/h6-8,10H,2-5H2,1H3,(H,14,15)(H,16,17)/t13-/m0/s1. The smallest absolute Gasteiger partial charge is 0.329 e. The third-order valence-corrected chi connectivity index (χ3v) is 4.19. The van der Waals surface area contributed by atoms with E-state index in [1.54, 1.807) is 18.3 Å². The van der Waals surface area contributed by atoms with Crippen molar-refractivity contribution in [2.24, 2.45) is 5.92 Å². The molecule has 1 aromatic rings. The highest BCUT2D eigenvalue weighted by Gasteiger charge is 2.48. The van der Waals surface area contributed by atoms with E-state index < -0.39 is 11.5 Å². The first-order chi connectivity index (χ1) is 8.52. The van der Waals surface area contributed by atoms with Gasteiger partial charge in [-0.05, 0) is 54.5 Å². The van der Waals surface area contributed by atoms with Crippen LogP contribution in [0.2, 0.25) is 0 Å². The Hall–Kier alpha value is -1.36. The van der Waals surface area contributed by atoms with Crippen LogP contribution in [0.1, 0.15) is 31.7 Å². The van der Waals surface area contributed by atoms with E-state index in [9.17, 15) is 14.7 Å². The molecule has 0 radical (unpaired) electrons. The predicted octanol–water partition coefficient (Wildman–Crippen LogP) is 2.05. The summed E-state index contributed by atoms with van der Waals surface area (Å²) < 4.78 is 0. The molecule has 5 heteroatoms. The number of nitrogens with one attached hydrogen (secondary N) is 1. The summed E-state index contributed by atoms with van der Waals surface area (Å²) >= 11 is 1.60. The topological polar surface area (TPSA) is 66.4 Å². The number of aryl methyl sites for hydroxylation is 1. The highest BCUT2D eigenvalue weighted by Crippen LogP contribution is 2.39. The third kappa shape index (κ3) is 2.90. The SMILES string of the molecule is C[C@@](NC(=O)CCc1ccsc1)(C(=O)O)C1CC1. The van der Waals surface area contributed by atoms with Gasteiger partial charge in [-0.1, -0.05) is 0 Å². The summed E-state index contributed by atoms with van der Waals surface area (Å²) in [6, 6.07) is 1.98. The maximum atomic E-state index is 11.8. The van der Waals surface area contributed by atoms with E-state index >= 15 is 0 Å². The Bertz CT molecular complexity index is 439. The second kappa shape index (κ2) is 5.10. The maximum Gasteiger partial charge on any atom is 0.329 e. The molecule has 1 aromatic heterocycles. The van der Waals surface area contributed by atoms with E-state index in [1.807, 2.05) is 16.8 Å². The van der Waals surface area contributed by atoms with Crippen LogP contribution < -0.4 is 5.32 Å². The molecule has 1 aliphatic rings. The summed E-state index contributed by atoms with van der Waals surface area (Å²) in [5, 5.41) is 15.9. The van der Waals surface area contributed by atoms with Gasteiger partial charge >= 0.3 is 5.97 Å².